The summed E-state index contributed by atoms with van der Waals surface area (Å²) in [7, 11) is 5.18. The van der Waals surface area contributed by atoms with Crippen LogP contribution in [-0.4, -0.2) is 67.0 Å². The van der Waals surface area contributed by atoms with Gasteiger partial charge in [-0.1, -0.05) is 35.3 Å². The Morgan fingerprint density at radius 3 is 2.35 bits per heavy atom. The first-order valence-corrected chi connectivity index (χ1v) is 11.5. The van der Waals surface area contributed by atoms with Gasteiger partial charge in [-0.3, -0.25) is 9.59 Å². The van der Waals surface area contributed by atoms with Crippen LogP contribution in [0.15, 0.2) is 42.0 Å². The van der Waals surface area contributed by atoms with Crippen LogP contribution in [0.1, 0.15) is 31.0 Å². The predicted octanol–water partition coefficient (Wildman–Crippen LogP) is 4.77. The highest BCUT2D eigenvalue weighted by Gasteiger charge is 2.46. The number of likely N-dealkylation sites (tertiary alicyclic amines) is 1. The summed E-state index contributed by atoms with van der Waals surface area (Å²) in [6.45, 7) is 4.64. The van der Waals surface area contributed by atoms with Crippen LogP contribution >= 0.6 is 23.2 Å². The van der Waals surface area contributed by atoms with E-state index in [-0.39, 0.29) is 38.8 Å². The smallest absolute Gasteiger partial charge is 0.295 e. The molecular weight excluding hydrogens is 479 g/mol. The molecule has 1 atom stereocenters. The van der Waals surface area contributed by atoms with E-state index in [0.717, 1.165) is 0 Å². The number of methoxy groups -OCH3 is 1. The number of halogens is 2. The van der Waals surface area contributed by atoms with E-state index in [2.05, 4.69) is 0 Å². The fraction of sp³-hybridized carbons (Fsp3) is 0.360. The number of aliphatic hydroxyl groups is 1. The fourth-order valence-electron chi connectivity index (χ4n) is 3.84. The van der Waals surface area contributed by atoms with Crippen LogP contribution in [0.4, 0.5) is 0 Å². The number of ketones is 1. The maximum atomic E-state index is 13.2. The summed E-state index contributed by atoms with van der Waals surface area (Å²) in [6.07, 6.45) is -0.0565. The van der Waals surface area contributed by atoms with Gasteiger partial charge in [0.25, 0.3) is 11.7 Å². The highest BCUT2D eigenvalue weighted by molar-refractivity contribution is 6.46. The van der Waals surface area contributed by atoms with Gasteiger partial charge in [0, 0.05) is 18.7 Å². The summed E-state index contributed by atoms with van der Waals surface area (Å²) in [5.41, 5.74) is 0.812. The first kappa shape index (κ1) is 25.9. The van der Waals surface area contributed by atoms with E-state index in [4.69, 9.17) is 32.7 Å². The van der Waals surface area contributed by atoms with E-state index >= 15 is 0 Å². The zero-order chi connectivity index (χ0) is 25.2. The summed E-state index contributed by atoms with van der Waals surface area (Å²) < 4.78 is 11.0. The van der Waals surface area contributed by atoms with Gasteiger partial charge >= 0.3 is 0 Å². The Morgan fingerprint density at radius 2 is 1.79 bits per heavy atom. The Bertz CT molecular complexity index is 1110. The van der Waals surface area contributed by atoms with Crippen molar-refractivity contribution >= 4 is 40.7 Å². The molecule has 1 saturated heterocycles. The molecule has 7 nitrogen and oxygen atoms in total. The summed E-state index contributed by atoms with van der Waals surface area (Å²) >= 11 is 12.5. The number of hydrogen-bond acceptors (Lipinski definition) is 6. The molecule has 0 saturated carbocycles. The summed E-state index contributed by atoms with van der Waals surface area (Å²) in [6, 6.07) is 9.26. The van der Waals surface area contributed by atoms with Crippen LogP contribution < -0.4 is 9.47 Å². The first-order chi connectivity index (χ1) is 16.0. The molecule has 3 rings (SSSR count). The van der Waals surface area contributed by atoms with E-state index in [1.54, 1.807) is 24.3 Å². The van der Waals surface area contributed by atoms with Crippen molar-refractivity contribution in [3.05, 3.63) is 63.1 Å². The van der Waals surface area contributed by atoms with Crippen molar-refractivity contribution in [2.24, 2.45) is 0 Å². The maximum Gasteiger partial charge on any atom is 0.295 e. The number of benzene rings is 2. The normalized spacial score (nSPS) is 17.7. The number of rotatable bonds is 8. The van der Waals surface area contributed by atoms with Crippen molar-refractivity contribution in [3.8, 4) is 11.5 Å². The van der Waals surface area contributed by atoms with Crippen LogP contribution in [0.2, 0.25) is 10.0 Å². The van der Waals surface area contributed by atoms with Crippen molar-refractivity contribution < 1.29 is 24.2 Å². The van der Waals surface area contributed by atoms with Gasteiger partial charge in [-0.05, 0) is 57.8 Å². The number of ether oxygens (including phenoxy) is 2. The average molecular weight is 507 g/mol. The Kier molecular flexibility index (Phi) is 8.13. The minimum Gasteiger partial charge on any atom is -0.507 e. The molecule has 1 aliphatic heterocycles. The molecule has 1 fully saturated rings. The number of carbonyl (C=O) groups excluding carboxylic acids is 2. The van der Waals surface area contributed by atoms with Gasteiger partial charge in [0.05, 0.1) is 34.9 Å². The molecule has 9 heteroatoms. The second kappa shape index (κ2) is 10.7. The quantitative estimate of drug-likeness (QED) is 0.315. The van der Waals surface area contributed by atoms with Crippen LogP contribution in [0.5, 0.6) is 11.5 Å². The standard InChI is InChI=1S/C25H28Cl2N2O5/c1-14(2)34-17-8-6-7-15(11-17)21-20(23(31)25(32)29(21)10-9-28(3)4)22(30)16-12-18(26)24(33-5)19(27)13-16/h6-8,11-14,21,30H,9-10H2,1-5H3/b22-20+. The lowest BCUT2D eigenvalue weighted by atomic mass is 9.95. The maximum absolute atomic E-state index is 13.2. The minimum atomic E-state index is -0.810. The number of aliphatic hydroxyl groups excluding tert-OH is 1. The van der Waals surface area contributed by atoms with Crippen molar-refractivity contribution in [2.45, 2.75) is 26.0 Å². The lowest BCUT2D eigenvalue weighted by molar-refractivity contribution is -0.140. The van der Waals surface area contributed by atoms with Gasteiger partial charge in [0.1, 0.15) is 11.5 Å². The summed E-state index contributed by atoms with van der Waals surface area (Å²) in [5.74, 6) is -0.978. The van der Waals surface area contributed by atoms with Crippen LogP contribution in [-0.2, 0) is 9.59 Å². The third kappa shape index (κ3) is 5.32. The number of carbonyl (C=O) groups is 2. The monoisotopic (exact) mass is 506 g/mol. The van der Waals surface area contributed by atoms with Gasteiger partial charge in [0.2, 0.25) is 0 Å². The molecule has 2 aromatic rings. The second-order valence-corrected chi connectivity index (χ2v) is 9.32. The molecule has 1 aliphatic rings. The van der Waals surface area contributed by atoms with Gasteiger partial charge < -0.3 is 24.4 Å². The number of Topliss-reactive ketones (excluding diaryl/α,β-unsaturated/α-hetero) is 1. The van der Waals surface area contributed by atoms with E-state index in [9.17, 15) is 14.7 Å². The Labute approximate surface area is 209 Å². The molecule has 34 heavy (non-hydrogen) atoms. The van der Waals surface area contributed by atoms with E-state index < -0.39 is 17.7 Å². The zero-order valence-electron chi connectivity index (χ0n) is 19.8. The Balaban J connectivity index is 2.19. The fourth-order valence-corrected chi connectivity index (χ4v) is 4.48. The Hall–Kier alpha value is -2.74. The third-order valence-corrected chi connectivity index (χ3v) is 5.91. The van der Waals surface area contributed by atoms with Gasteiger partial charge in [-0.2, -0.15) is 0 Å². The van der Waals surface area contributed by atoms with Crippen molar-refractivity contribution in [1.29, 1.82) is 0 Å². The molecule has 1 amide bonds. The van der Waals surface area contributed by atoms with E-state index in [0.29, 0.717) is 24.4 Å². The molecular formula is C25H28Cl2N2O5. The lowest BCUT2D eigenvalue weighted by Gasteiger charge is -2.27. The predicted molar refractivity (Wildman–Crippen MR) is 133 cm³/mol. The highest BCUT2D eigenvalue weighted by atomic mass is 35.5. The molecule has 0 aromatic heterocycles. The molecule has 2 aromatic carbocycles. The molecule has 182 valence electrons. The highest BCUT2D eigenvalue weighted by Crippen LogP contribution is 2.42. The molecule has 0 aliphatic carbocycles. The molecule has 0 bridgehead atoms. The van der Waals surface area contributed by atoms with Crippen molar-refractivity contribution in [2.75, 3.05) is 34.3 Å². The minimum absolute atomic E-state index is 0.0391. The van der Waals surface area contributed by atoms with E-state index in [1.807, 2.05) is 32.8 Å². The van der Waals surface area contributed by atoms with Gasteiger partial charge in [-0.25, -0.2) is 0 Å². The molecule has 1 unspecified atom stereocenters. The Morgan fingerprint density at radius 1 is 1.15 bits per heavy atom. The molecule has 1 heterocycles. The SMILES string of the molecule is COc1c(Cl)cc(/C(O)=C2\C(=O)C(=O)N(CCN(C)C)C2c2cccc(OC(C)C)c2)cc1Cl. The average Bonchev–Trinajstić information content (AvgIpc) is 3.01. The van der Waals surface area contributed by atoms with Crippen LogP contribution in [0.25, 0.3) is 5.76 Å². The first-order valence-electron chi connectivity index (χ1n) is 10.8. The third-order valence-electron chi connectivity index (χ3n) is 5.35. The molecule has 0 radical (unpaired) electrons. The van der Waals surface area contributed by atoms with E-state index in [1.165, 1.54) is 24.1 Å². The second-order valence-electron chi connectivity index (χ2n) is 8.51. The number of nitrogens with zero attached hydrogens (tertiary/aromatic N) is 2. The topological polar surface area (TPSA) is 79.3 Å². The van der Waals surface area contributed by atoms with Gasteiger partial charge in [-0.15, -0.1) is 0 Å². The lowest BCUT2D eigenvalue weighted by Crippen LogP contribution is -2.35. The number of hydrogen-bond donors (Lipinski definition) is 1. The van der Waals surface area contributed by atoms with Crippen LogP contribution in [0.3, 0.4) is 0 Å². The summed E-state index contributed by atoms with van der Waals surface area (Å²) in [5, 5.41) is 11.6. The zero-order valence-corrected chi connectivity index (χ0v) is 21.3. The van der Waals surface area contributed by atoms with Crippen molar-refractivity contribution in [3.63, 3.8) is 0 Å². The van der Waals surface area contributed by atoms with Gasteiger partial charge in [0.15, 0.2) is 5.75 Å². The largest absolute Gasteiger partial charge is 0.507 e. The summed E-state index contributed by atoms with van der Waals surface area (Å²) in [4.78, 5) is 29.6. The number of amides is 1. The molecule has 0 spiro atoms. The number of likely N-dealkylation sites (N-methyl/N-ethyl adjacent to an activating group) is 1. The van der Waals surface area contributed by atoms with Crippen LogP contribution in [0, 0.1) is 0 Å². The van der Waals surface area contributed by atoms with Crippen molar-refractivity contribution in [1.82, 2.24) is 9.80 Å². The molecule has 1 N–H and O–H groups in total.